The van der Waals surface area contributed by atoms with Crippen LogP contribution < -0.4 is 5.73 Å². The lowest BCUT2D eigenvalue weighted by molar-refractivity contribution is -0.145. The van der Waals surface area contributed by atoms with E-state index in [9.17, 15) is 9.59 Å². The van der Waals surface area contributed by atoms with Gasteiger partial charge in [-0.15, -0.1) is 0 Å². The van der Waals surface area contributed by atoms with Crippen LogP contribution in [0.25, 0.3) is 0 Å². The van der Waals surface area contributed by atoms with Crippen LogP contribution in [0.5, 0.6) is 0 Å². The zero-order valence-corrected chi connectivity index (χ0v) is 12.0. The van der Waals surface area contributed by atoms with E-state index in [4.69, 9.17) is 15.6 Å². The summed E-state index contributed by atoms with van der Waals surface area (Å²) in [6, 6.07) is 0. The van der Waals surface area contributed by atoms with Gasteiger partial charge >= 0.3 is 12.1 Å². The molecule has 3 N–H and O–H groups in total. The quantitative estimate of drug-likeness (QED) is 0.823. The summed E-state index contributed by atoms with van der Waals surface area (Å²) in [7, 11) is 0. The minimum atomic E-state index is -0.865. The number of carbonyl (C=O) groups is 2. The molecule has 0 spiro atoms. The average molecular weight is 275 g/mol. The maximum Gasteiger partial charge on any atom is 0.405 e. The number of carbonyl (C=O) groups excluding carboxylic acids is 1. The third-order valence-corrected chi connectivity index (χ3v) is 2.40. The van der Waals surface area contributed by atoms with Crippen molar-refractivity contribution < 1.29 is 24.2 Å². The van der Waals surface area contributed by atoms with Crippen molar-refractivity contribution in [3.8, 4) is 0 Å². The van der Waals surface area contributed by atoms with Crippen molar-refractivity contribution in [1.82, 2.24) is 0 Å². The molecule has 1 aliphatic carbocycles. The first-order valence-electron chi connectivity index (χ1n) is 6.52. The summed E-state index contributed by atoms with van der Waals surface area (Å²) >= 11 is 0. The Morgan fingerprint density at radius 1 is 1.21 bits per heavy atom. The summed E-state index contributed by atoms with van der Waals surface area (Å²) < 4.78 is 9.72. The van der Waals surface area contributed by atoms with Crippen LogP contribution in [0.15, 0.2) is 0 Å². The third-order valence-electron chi connectivity index (χ3n) is 2.40. The van der Waals surface area contributed by atoms with Crippen molar-refractivity contribution in [3.63, 3.8) is 0 Å². The first kappa shape index (κ1) is 17.7. The van der Waals surface area contributed by atoms with Crippen molar-refractivity contribution >= 4 is 12.1 Å². The summed E-state index contributed by atoms with van der Waals surface area (Å²) in [6.45, 7) is 5.15. The van der Waals surface area contributed by atoms with E-state index in [0.717, 1.165) is 12.8 Å². The van der Waals surface area contributed by atoms with Crippen LogP contribution in [0.3, 0.4) is 0 Å². The van der Waals surface area contributed by atoms with Crippen LogP contribution in [-0.4, -0.2) is 35.5 Å². The molecule has 1 amide bonds. The number of carboxylic acid groups (broad SMARTS) is 1. The van der Waals surface area contributed by atoms with Gasteiger partial charge in [0.1, 0.15) is 12.2 Å². The third kappa shape index (κ3) is 12.9. The van der Waals surface area contributed by atoms with Gasteiger partial charge in [0.05, 0.1) is 6.10 Å². The fourth-order valence-electron chi connectivity index (χ4n) is 1.72. The Bertz CT molecular complexity index is 279. The molecule has 1 fully saturated rings. The molecule has 0 radical (unpaired) electrons. The molecule has 0 aliphatic heterocycles. The van der Waals surface area contributed by atoms with Crippen LogP contribution in [0, 0.1) is 0 Å². The lowest BCUT2D eigenvalue weighted by Gasteiger charge is -2.20. The van der Waals surface area contributed by atoms with Crippen molar-refractivity contribution in [2.45, 2.75) is 64.6 Å². The second-order valence-corrected chi connectivity index (χ2v) is 5.50. The lowest BCUT2D eigenvalue weighted by Crippen LogP contribution is -2.27. The second-order valence-electron chi connectivity index (χ2n) is 5.50. The monoisotopic (exact) mass is 275 g/mol. The maximum absolute atomic E-state index is 10.1. The number of hydrogen-bond acceptors (Lipinski definition) is 4. The zero-order chi connectivity index (χ0) is 14.9. The molecule has 19 heavy (non-hydrogen) atoms. The van der Waals surface area contributed by atoms with Gasteiger partial charge in [0.25, 0.3) is 0 Å². The Morgan fingerprint density at radius 2 is 1.74 bits per heavy atom. The highest BCUT2D eigenvalue weighted by Gasteiger charge is 2.14. The normalized spacial score (nSPS) is 16.2. The number of nitrogens with two attached hydrogens (primary N) is 1. The Balaban J connectivity index is 0.000000362. The smallest absolute Gasteiger partial charge is 0.405 e. The van der Waals surface area contributed by atoms with E-state index < -0.39 is 17.7 Å². The summed E-state index contributed by atoms with van der Waals surface area (Å²) in [5, 5.41) is 8.32. The maximum atomic E-state index is 10.1. The van der Waals surface area contributed by atoms with Gasteiger partial charge in [-0.05, 0) is 33.6 Å². The number of hydrogen-bond donors (Lipinski definition) is 2. The predicted molar refractivity (Wildman–Crippen MR) is 70.9 cm³/mol. The highest BCUT2D eigenvalue weighted by Crippen LogP contribution is 2.19. The van der Waals surface area contributed by atoms with Gasteiger partial charge < -0.3 is 20.3 Å². The summed E-state index contributed by atoms with van der Waals surface area (Å²) in [5.74, 6) is -0.865. The summed E-state index contributed by atoms with van der Waals surface area (Å²) in [4.78, 5) is 20.1. The Morgan fingerprint density at radius 3 is 2.05 bits per heavy atom. The SMILES string of the molecule is CC(C)(C)OC(N)=O.O=C(O)COC1CCCCC1. The number of amides is 1. The van der Waals surface area contributed by atoms with E-state index >= 15 is 0 Å². The molecule has 0 unspecified atom stereocenters. The highest BCUT2D eigenvalue weighted by molar-refractivity contribution is 5.68. The van der Waals surface area contributed by atoms with Gasteiger partial charge in [-0.25, -0.2) is 9.59 Å². The van der Waals surface area contributed by atoms with E-state index in [2.05, 4.69) is 4.74 Å². The van der Waals surface area contributed by atoms with Crippen LogP contribution >= 0.6 is 0 Å². The molecule has 0 aromatic heterocycles. The zero-order valence-electron chi connectivity index (χ0n) is 12.0. The van der Waals surface area contributed by atoms with E-state index in [-0.39, 0.29) is 12.7 Å². The first-order chi connectivity index (χ1) is 8.70. The van der Waals surface area contributed by atoms with Gasteiger partial charge in [0.2, 0.25) is 0 Å². The topological polar surface area (TPSA) is 98.9 Å². The molecule has 6 nitrogen and oxygen atoms in total. The van der Waals surface area contributed by atoms with Crippen molar-refractivity contribution in [2.24, 2.45) is 5.73 Å². The molecule has 1 aliphatic rings. The van der Waals surface area contributed by atoms with E-state index in [1.165, 1.54) is 19.3 Å². The molecule has 1 saturated carbocycles. The second kappa shape index (κ2) is 8.74. The Kier molecular flexibility index (Phi) is 8.14. The van der Waals surface area contributed by atoms with Crippen molar-refractivity contribution in [2.75, 3.05) is 6.61 Å². The minimum absolute atomic E-state index is 0.134. The van der Waals surface area contributed by atoms with Gasteiger partial charge in [-0.3, -0.25) is 0 Å². The van der Waals surface area contributed by atoms with Crippen molar-refractivity contribution in [1.29, 1.82) is 0 Å². The summed E-state index contributed by atoms with van der Waals surface area (Å²) in [6.07, 6.45) is 5.19. The number of rotatable bonds is 3. The first-order valence-corrected chi connectivity index (χ1v) is 6.52. The molecule has 0 aromatic rings. The number of primary amides is 1. The molecule has 1 rings (SSSR count). The number of aliphatic carboxylic acids is 1. The predicted octanol–water partition coefficient (Wildman–Crippen LogP) is 2.30. The van der Waals surface area contributed by atoms with Crippen LogP contribution in [0.1, 0.15) is 52.9 Å². The summed E-state index contributed by atoms with van der Waals surface area (Å²) in [5.41, 5.74) is 4.26. The Labute approximate surface area is 114 Å². The van der Waals surface area contributed by atoms with Crippen molar-refractivity contribution in [3.05, 3.63) is 0 Å². The lowest BCUT2D eigenvalue weighted by atomic mass is 9.98. The molecule has 6 heteroatoms. The Hall–Kier alpha value is -1.30. The van der Waals surface area contributed by atoms with Gasteiger partial charge in [0.15, 0.2) is 0 Å². The minimum Gasteiger partial charge on any atom is -0.480 e. The molecule has 0 aromatic carbocycles. The molecule has 0 saturated heterocycles. The number of ether oxygens (including phenoxy) is 2. The largest absolute Gasteiger partial charge is 0.480 e. The average Bonchev–Trinajstić information content (AvgIpc) is 2.25. The van der Waals surface area contributed by atoms with E-state index in [0.29, 0.717) is 0 Å². The fourth-order valence-corrected chi connectivity index (χ4v) is 1.72. The molecule has 0 heterocycles. The molecule has 0 atom stereocenters. The molecular weight excluding hydrogens is 250 g/mol. The van der Waals surface area contributed by atoms with Crippen LogP contribution in [-0.2, 0) is 14.3 Å². The van der Waals surface area contributed by atoms with Crippen LogP contribution in [0.4, 0.5) is 4.79 Å². The highest BCUT2D eigenvalue weighted by atomic mass is 16.6. The van der Waals surface area contributed by atoms with Gasteiger partial charge in [0, 0.05) is 0 Å². The standard InChI is InChI=1S/C8H14O3.C5H11NO2/c9-8(10)6-11-7-4-2-1-3-5-7;1-5(2,3)8-4(6)7/h7H,1-6H2,(H,9,10);1-3H3,(H2,6,7). The fraction of sp³-hybridized carbons (Fsp3) is 0.846. The number of carboxylic acids is 1. The van der Waals surface area contributed by atoms with E-state index in [1.807, 2.05) is 0 Å². The molecule has 0 bridgehead atoms. The molecular formula is C13H25NO5. The van der Waals surface area contributed by atoms with Crippen LogP contribution in [0.2, 0.25) is 0 Å². The van der Waals surface area contributed by atoms with E-state index in [1.54, 1.807) is 20.8 Å². The van der Waals surface area contributed by atoms with Gasteiger partial charge in [-0.1, -0.05) is 19.3 Å². The molecule has 112 valence electrons. The van der Waals surface area contributed by atoms with Gasteiger partial charge in [-0.2, -0.15) is 0 Å².